The predicted octanol–water partition coefficient (Wildman–Crippen LogP) is 2.60. The number of rotatable bonds is 6. The van der Waals surface area contributed by atoms with E-state index < -0.39 is 20.9 Å². The third kappa shape index (κ3) is 3.94. The Morgan fingerprint density at radius 1 is 1.12 bits per heavy atom. The molecule has 132 valence electrons. The molecule has 0 aliphatic rings. The molecule has 0 radical (unpaired) electrons. The van der Waals surface area contributed by atoms with Crippen LogP contribution < -0.4 is 4.31 Å². The fraction of sp³-hybridized carbons (Fsp3) is 0.188. The van der Waals surface area contributed by atoms with Crippen molar-refractivity contribution < 1.29 is 22.9 Å². The summed E-state index contributed by atoms with van der Waals surface area (Å²) in [4.78, 5) is 21.6. The fourth-order valence-corrected chi connectivity index (χ4v) is 3.25. The number of carbonyl (C=O) groups excluding carboxylic acids is 1. The number of nitro groups is 1. The molecule has 0 aliphatic heterocycles. The van der Waals surface area contributed by atoms with Gasteiger partial charge >= 0.3 is 5.97 Å². The molecule has 0 saturated heterocycles. The second-order valence-corrected chi connectivity index (χ2v) is 6.96. The smallest absolute Gasteiger partial charge is 0.338 e. The van der Waals surface area contributed by atoms with Crippen molar-refractivity contribution >= 4 is 27.4 Å². The van der Waals surface area contributed by atoms with E-state index in [1.165, 1.54) is 43.4 Å². The summed E-state index contributed by atoms with van der Waals surface area (Å²) in [5.74, 6) is -0.491. The minimum atomic E-state index is -3.88. The van der Waals surface area contributed by atoms with E-state index in [2.05, 4.69) is 0 Å². The van der Waals surface area contributed by atoms with Crippen LogP contribution in [0.5, 0.6) is 0 Å². The maximum atomic E-state index is 12.6. The molecule has 0 bridgehead atoms. The maximum Gasteiger partial charge on any atom is 0.338 e. The number of anilines is 1. The number of ether oxygens (including phenoxy) is 1. The summed E-state index contributed by atoms with van der Waals surface area (Å²) in [6.07, 6.45) is 0. The van der Waals surface area contributed by atoms with Gasteiger partial charge in [0.1, 0.15) is 0 Å². The Morgan fingerprint density at radius 3 is 2.16 bits per heavy atom. The van der Waals surface area contributed by atoms with Gasteiger partial charge in [-0.3, -0.25) is 14.4 Å². The van der Waals surface area contributed by atoms with E-state index in [0.717, 1.165) is 16.4 Å². The van der Waals surface area contributed by atoms with E-state index in [9.17, 15) is 23.3 Å². The second kappa shape index (κ2) is 7.31. The van der Waals surface area contributed by atoms with Gasteiger partial charge in [-0.25, -0.2) is 13.2 Å². The number of hydrogen-bond donors (Lipinski definition) is 0. The van der Waals surface area contributed by atoms with Crippen molar-refractivity contribution in [2.75, 3.05) is 18.0 Å². The van der Waals surface area contributed by atoms with Crippen LogP contribution in [-0.2, 0) is 14.8 Å². The first-order chi connectivity index (χ1) is 11.8. The molecule has 8 nitrogen and oxygen atoms in total. The molecule has 0 aromatic heterocycles. The molecule has 2 rings (SSSR count). The predicted molar refractivity (Wildman–Crippen MR) is 91.1 cm³/mol. The zero-order valence-electron chi connectivity index (χ0n) is 13.6. The monoisotopic (exact) mass is 364 g/mol. The molecule has 0 N–H and O–H groups in total. The lowest BCUT2D eigenvalue weighted by Gasteiger charge is -2.19. The van der Waals surface area contributed by atoms with Gasteiger partial charge in [-0.1, -0.05) is 0 Å². The average molecular weight is 364 g/mol. The van der Waals surface area contributed by atoms with Crippen LogP contribution in [0.15, 0.2) is 53.4 Å². The number of benzene rings is 2. The molecule has 0 saturated carbocycles. The summed E-state index contributed by atoms with van der Waals surface area (Å²) in [5.41, 5.74) is 0.457. The Kier molecular flexibility index (Phi) is 5.38. The van der Waals surface area contributed by atoms with Crippen molar-refractivity contribution in [3.63, 3.8) is 0 Å². The number of hydrogen-bond acceptors (Lipinski definition) is 6. The van der Waals surface area contributed by atoms with Gasteiger partial charge in [0.15, 0.2) is 0 Å². The first kappa shape index (κ1) is 18.4. The van der Waals surface area contributed by atoms with Crippen molar-refractivity contribution in [2.45, 2.75) is 11.8 Å². The van der Waals surface area contributed by atoms with Gasteiger partial charge in [0.05, 0.1) is 27.7 Å². The standard InChI is InChI=1S/C16H16N2O6S/c1-3-24-16(19)12-4-6-13(7-5-12)17(2)25(22,23)15-10-8-14(9-11-15)18(20)21/h4-11H,3H2,1-2H3. The van der Waals surface area contributed by atoms with Crippen molar-refractivity contribution in [1.29, 1.82) is 0 Å². The minimum Gasteiger partial charge on any atom is -0.462 e. The number of nitro benzene ring substituents is 1. The Bertz CT molecular complexity index is 876. The van der Waals surface area contributed by atoms with Crippen LogP contribution in [0.25, 0.3) is 0 Å². The van der Waals surface area contributed by atoms with Crippen molar-refractivity contribution in [3.05, 3.63) is 64.2 Å². The molecular formula is C16H16N2O6S. The SMILES string of the molecule is CCOC(=O)c1ccc(N(C)S(=O)(=O)c2ccc([N+](=O)[O-])cc2)cc1. The molecule has 0 heterocycles. The molecule has 25 heavy (non-hydrogen) atoms. The third-order valence-corrected chi connectivity index (χ3v) is 5.25. The average Bonchev–Trinajstić information content (AvgIpc) is 2.61. The van der Waals surface area contributed by atoms with Gasteiger partial charge in [0.25, 0.3) is 15.7 Å². The number of nitrogens with zero attached hydrogens (tertiary/aromatic N) is 2. The van der Waals surface area contributed by atoms with Crippen LogP contribution >= 0.6 is 0 Å². The zero-order valence-corrected chi connectivity index (χ0v) is 14.4. The third-order valence-electron chi connectivity index (χ3n) is 3.45. The maximum absolute atomic E-state index is 12.6. The highest BCUT2D eigenvalue weighted by atomic mass is 32.2. The summed E-state index contributed by atoms with van der Waals surface area (Å²) < 4.78 is 31.1. The number of sulfonamides is 1. The van der Waals surface area contributed by atoms with Crippen molar-refractivity contribution in [1.82, 2.24) is 0 Å². The topological polar surface area (TPSA) is 107 Å². The van der Waals surface area contributed by atoms with Gasteiger partial charge in [-0.05, 0) is 43.3 Å². The highest BCUT2D eigenvalue weighted by molar-refractivity contribution is 7.92. The lowest BCUT2D eigenvalue weighted by atomic mass is 10.2. The molecule has 9 heteroatoms. The van der Waals surface area contributed by atoms with E-state index in [-0.39, 0.29) is 17.2 Å². The molecular weight excluding hydrogens is 348 g/mol. The first-order valence-corrected chi connectivity index (χ1v) is 8.72. The van der Waals surface area contributed by atoms with Crippen LogP contribution in [0.3, 0.4) is 0 Å². The Morgan fingerprint density at radius 2 is 1.68 bits per heavy atom. The summed E-state index contributed by atoms with van der Waals surface area (Å²) in [7, 11) is -2.53. The zero-order chi connectivity index (χ0) is 18.6. The number of esters is 1. The highest BCUT2D eigenvalue weighted by Crippen LogP contribution is 2.24. The Labute approximate surface area is 144 Å². The summed E-state index contributed by atoms with van der Waals surface area (Å²) >= 11 is 0. The van der Waals surface area contributed by atoms with E-state index in [1.807, 2.05) is 0 Å². The molecule has 0 amide bonds. The van der Waals surface area contributed by atoms with Crippen LogP contribution in [0.4, 0.5) is 11.4 Å². The summed E-state index contributed by atoms with van der Waals surface area (Å²) in [6, 6.07) is 10.5. The Hall–Kier alpha value is -2.94. The fourth-order valence-electron chi connectivity index (χ4n) is 2.06. The molecule has 0 spiro atoms. The normalized spacial score (nSPS) is 11.0. The molecule has 0 aliphatic carbocycles. The first-order valence-electron chi connectivity index (χ1n) is 7.28. The number of non-ortho nitro benzene ring substituents is 1. The molecule has 0 fully saturated rings. The van der Waals surface area contributed by atoms with Gasteiger partial charge < -0.3 is 4.74 Å². The van der Waals surface area contributed by atoms with Crippen molar-refractivity contribution in [3.8, 4) is 0 Å². The van der Waals surface area contributed by atoms with Crippen LogP contribution in [-0.4, -0.2) is 33.0 Å². The molecule has 0 unspecified atom stereocenters. The van der Waals surface area contributed by atoms with E-state index >= 15 is 0 Å². The van der Waals surface area contributed by atoms with Gasteiger partial charge in [0, 0.05) is 19.2 Å². The second-order valence-electron chi connectivity index (χ2n) is 4.99. The van der Waals surface area contributed by atoms with E-state index in [1.54, 1.807) is 6.92 Å². The summed E-state index contributed by atoms with van der Waals surface area (Å²) in [5, 5.41) is 10.7. The lowest BCUT2D eigenvalue weighted by molar-refractivity contribution is -0.384. The molecule has 0 atom stereocenters. The van der Waals surface area contributed by atoms with Crippen molar-refractivity contribution in [2.24, 2.45) is 0 Å². The molecule has 2 aromatic carbocycles. The molecule has 2 aromatic rings. The minimum absolute atomic E-state index is 0.0740. The summed E-state index contributed by atoms with van der Waals surface area (Å²) in [6.45, 7) is 1.94. The highest BCUT2D eigenvalue weighted by Gasteiger charge is 2.22. The van der Waals surface area contributed by atoms with Crippen LogP contribution in [0.2, 0.25) is 0 Å². The van der Waals surface area contributed by atoms with Crippen LogP contribution in [0.1, 0.15) is 17.3 Å². The van der Waals surface area contributed by atoms with Gasteiger partial charge in [0.2, 0.25) is 0 Å². The van der Waals surface area contributed by atoms with Crippen LogP contribution in [0, 0.1) is 10.1 Å². The van der Waals surface area contributed by atoms with Gasteiger partial charge in [-0.15, -0.1) is 0 Å². The largest absolute Gasteiger partial charge is 0.462 e. The van der Waals surface area contributed by atoms with Gasteiger partial charge in [-0.2, -0.15) is 0 Å². The lowest BCUT2D eigenvalue weighted by Crippen LogP contribution is -2.26. The Balaban J connectivity index is 2.27. The quantitative estimate of drug-likeness (QED) is 0.443. The van der Waals surface area contributed by atoms with E-state index in [0.29, 0.717) is 11.3 Å². The van der Waals surface area contributed by atoms with E-state index in [4.69, 9.17) is 4.74 Å². The number of carbonyl (C=O) groups is 1.